The summed E-state index contributed by atoms with van der Waals surface area (Å²) in [5, 5.41) is 11.0. The van der Waals surface area contributed by atoms with Crippen LogP contribution >= 0.6 is 11.8 Å². The first kappa shape index (κ1) is 22.6. The molecular formula is C16H19F3N6O3S. The van der Waals surface area contributed by atoms with Gasteiger partial charge in [-0.05, 0) is 13.2 Å². The summed E-state index contributed by atoms with van der Waals surface area (Å²) in [6.07, 6.45) is -3.21. The lowest BCUT2D eigenvalue weighted by atomic mass is 10.4. The van der Waals surface area contributed by atoms with Crippen LogP contribution in [0.2, 0.25) is 0 Å². The number of rotatable bonds is 3. The van der Waals surface area contributed by atoms with E-state index in [1.165, 1.54) is 11.8 Å². The second kappa shape index (κ2) is 9.66. The van der Waals surface area contributed by atoms with Gasteiger partial charge in [0.2, 0.25) is 5.95 Å². The zero-order chi connectivity index (χ0) is 21.6. The van der Waals surface area contributed by atoms with Crippen LogP contribution in [-0.4, -0.2) is 69.2 Å². The zero-order valence-corrected chi connectivity index (χ0v) is 16.4. The first-order valence-electron chi connectivity index (χ1n) is 8.39. The molecule has 0 atom stereocenters. The summed E-state index contributed by atoms with van der Waals surface area (Å²) < 4.78 is 33.6. The molecule has 1 aliphatic heterocycles. The average Bonchev–Trinajstić information content (AvgIpc) is 3.05. The molecule has 9 nitrogen and oxygen atoms in total. The molecule has 0 spiro atoms. The molecule has 3 N–H and O–H groups in total. The lowest BCUT2D eigenvalue weighted by Crippen LogP contribution is -2.44. The SMILES string of the molecule is CC#CCn1c(N2CCNCC2)nc2nc(SC)[nH]c(=O)c21.O=C(O)C(F)(F)F. The van der Waals surface area contributed by atoms with E-state index < -0.39 is 12.1 Å². The van der Waals surface area contributed by atoms with Gasteiger partial charge in [-0.1, -0.05) is 17.7 Å². The van der Waals surface area contributed by atoms with Gasteiger partial charge in [0.25, 0.3) is 5.56 Å². The molecule has 29 heavy (non-hydrogen) atoms. The fraction of sp³-hybridized carbons (Fsp3) is 0.500. The Morgan fingerprint density at radius 2 is 1.93 bits per heavy atom. The summed E-state index contributed by atoms with van der Waals surface area (Å²) >= 11 is 1.40. The number of carboxylic acids is 1. The molecule has 0 unspecified atom stereocenters. The number of aromatic amines is 1. The van der Waals surface area contributed by atoms with Crippen LogP contribution in [0.3, 0.4) is 0 Å². The van der Waals surface area contributed by atoms with Gasteiger partial charge in [-0.3, -0.25) is 14.3 Å². The zero-order valence-electron chi connectivity index (χ0n) is 15.6. The Kier molecular flexibility index (Phi) is 7.52. The van der Waals surface area contributed by atoms with Crippen molar-refractivity contribution in [2.24, 2.45) is 0 Å². The van der Waals surface area contributed by atoms with E-state index in [1.807, 2.05) is 10.8 Å². The Labute approximate surface area is 167 Å². The van der Waals surface area contributed by atoms with Crippen molar-refractivity contribution in [3.63, 3.8) is 0 Å². The summed E-state index contributed by atoms with van der Waals surface area (Å²) in [6, 6.07) is 0. The van der Waals surface area contributed by atoms with Crippen LogP contribution in [-0.2, 0) is 11.3 Å². The predicted molar refractivity (Wildman–Crippen MR) is 102 cm³/mol. The highest BCUT2D eigenvalue weighted by Gasteiger charge is 2.38. The van der Waals surface area contributed by atoms with Gasteiger partial charge in [-0.25, -0.2) is 9.78 Å². The summed E-state index contributed by atoms with van der Waals surface area (Å²) in [5.41, 5.74) is 0.815. The van der Waals surface area contributed by atoms with E-state index in [1.54, 1.807) is 6.92 Å². The maximum atomic E-state index is 12.4. The lowest BCUT2D eigenvalue weighted by molar-refractivity contribution is -0.192. The third-order valence-corrected chi connectivity index (χ3v) is 4.40. The van der Waals surface area contributed by atoms with Crippen molar-refractivity contribution >= 4 is 34.8 Å². The van der Waals surface area contributed by atoms with E-state index in [4.69, 9.17) is 9.90 Å². The molecule has 2 aromatic heterocycles. The predicted octanol–water partition coefficient (Wildman–Crippen LogP) is 0.908. The Morgan fingerprint density at radius 3 is 2.45 bits per heavy atom. The molecule has 3 heterocycles. The normalized spacial score (nSPS) is 14.0. The number of carboxylic acid groups (broad SMARTS) is 1. The Morgan fingerprint density at radius 1 is 1.31 bits per heavy atom. The number of anilines is 1. The first-order chi connectivity index (χ1) is 13.7. The molecule has 0 aromatic carbocycles. The van der Waals surface area contributed by atoms with Gasteiger partial charge in [0.1, 0.15) is 0 Å². The van der Waals surface area contributed by atoms with Crippen molar-refractivity contribution < 1.29 is 23.1 Å². The van der Waals surface area contributed by atoms with Crippen LogP contribution < -0.4 is 15.8 Å². The Bertz CT molecular complexity index is 986. The number of H-pyrrole nitrogens is 1. The second-order valence-electron chi connectivity index (χ2n) is 5.71. The highest BCUT2D eigenvalue weighted by atomic mass is 32.2. The number of carbonyl (C=O) groups is 1. The van der Waals surface area contributed by atoms with Crippen LogP contribution in [0.15, 0.2) is 9.95 Å². The molecule has 0 amide bonds. The number of nitrogens with one attached hydrogen (secondary N) is 2. The average molecular weight is 432 g/mol. The summed E-state index contributed by atoms with van der Waals surface area (Å²) in [7, 11) is 0. The van der Waals surface area contributed by atoms with Crippen LogP contribution in [0.4, 0.5) is 19.1 Å². The number of imidazole rings is 1. The highest BCUT2D eigenvalue weighted by Crippen LogP contribution is 2.20. The molecule has 1 fully saturated rings. The molecule has 1 saturated heterocycles. The van der Waals surface area contributed by atoms with Gasteiger partial charge in [0, 0.05) is 26.2 Å². The van der Waals surface area contributed by atoms with Crippen molar-refractivity contribution in [2.75, 3.05) is 37.3 Å². The minimum Gasteiger partial charge on any atom is -0.475 e. The van der Waals surface area contributed by atoms with Gasteiger partial charge >= 0.3 is 12.1 Å². The van der Waals surface area contributed by atoms with Gasteiger partial charge in [-0.2, -0.15) is 18.2 Å². The van der Waals surface area contributed by atoms with E-state index >= 15 is 0 Å². The van der Waals surface area contributed by atoms with E-state index in [9.17, 15) is 18.0 Å². The molecule has 3 rings (SSSR count). The van der Waals surface area contributed by atoms with Gasteiger partial charge < -0.3 is 15.3 Å². The van der Waals surface area contributed by atoms with E-state index in [0.29, 0.717) is 22.9 Å². The largest absolute Gasteiger partial charge is 0.490 e. The van der Waals surface area contributed by atoms with E-state index in [2.05, 4.69) is 37.0 Å². The van der Waals surface area contributed by atoms with Crippen molar-refractivity contribution in [1.82, 2.24) is 24.8 Å². The molecule has 13 heteroatoms. The highest BCUT2D eigenvalue weighted by molar-refractivity contribution is 7.98. The van der Waals surface area contributed by atoms with Crippen molar-refractivity contribution in [3.05, 3.63) is 10.4 Å². The molecule has 0 aliphatic carbocycles. The fourth-order valence-corrected chi connectivity index (χ4v) is 2.89. The smallest absolute Gasteiger partial charge is 0.475 e. The number of halogens is 3. The fourth-order valence-electron chi connectivity index (χ4n) is 2.52. The van der Waals surface area contributed by atoms with E-state index in [-0.39, 0.29) is 5.56 Å². The molecule has 0 bridgehead atoms. The van der Waals surface area contributed by atoms with Gasteiger partial charge in [0.05, 0.1) is 6.54 Å². The number of alkyl halides is 3. The number of aromatic nitrogens is 4. The van der Waals surface area contributed by atoms with Crippen LogP contribution in [0.5, 0.6) is 0 Å². The maximum absolute atomic E-state index is 12.4. The number of hydrogen-bond donors (Lipinski definition) is 3. The number of thioether (sulfide) groups is 1. The quantitative estimate of drug-likeness (QED) is 0.372. The third-order valence-electron chi connectivity index (χ3n) is 3.82. The van der Waals surface area contributed by atoms with Gasteiger partial charge in [0.15, 0.2) is 16.3 Å². The minimum atomic E-state index is -5.08. The Hall–Kier alpha value is -2.72. The third kappa shape index (κ3) is 5.64. The van der Waals surface area contributed by atoms with Crippen molar-refractivity contribution in [2.45, 2.75) is 24.8 Å². The maximum Gasteiger partial charge on any atom is 0.490 e. The number of fused-ring (bicyclic) bond motifs is 1. The Balaban J connectivity index is 0.000000370. The molecule has 2 aromatic rings. The molecule has 1 aliphatic rings. The topological polar surface area (TPSA) is 116 Å². The molecule has 0 radical (unpaired) electrons. The second-order valence-corrected chi connectivity index (χ2v) is 6.51. The van der Waals surface area contributed by atoms with Gasteiger partial charge in [-0.15, -0.1) is 5.92 Å². The van der Waals surface area contributed by atoms with Crippen LogP contribution in [0.1, 0.15) is 6.92 Å². The van der Waals surface area contributed by atoms with Crippen molar-refractivity contribution in [1.29, 1.82) is 0 Å². The number of hydrogen-bond acceptors (Lipinski definition) is 7. The monoisotopic (exact) mass is 432 g/mol. The van der Waals surface area contributed by atoms with Crippen LogP contribution in [0.25, 0.3) is 11.2 Å². The summed E-state index contributed by atoms with van der Waals surface area (Å²) in [6.45, 7) is 5.75. The number of aliphatic carboxylic acids is 1. The minimum absolute atomic E-state index is 0.166. The standard InChI is InChI=1S/C14H18N6OS.C2HF3O2/c1-3-4-7-20-10-11(16-13(22-2)18-12(10)21)17-14(20)19-8-5-15-6-9-19;3-2(4,5)1(6)7/h15H,5-9H2,1-2H3,(H,16,18,21);(H,6,7). The lowest BCUT2D eigenvalue weighted by Gasteiger charge is -2.28. The van der Waals surface area contributed by atoms with Crippen LogP contribution in [0, 0.1) is 11.8 Å². The number of piperazine rings is 1. The van der Waals surface area contributed by atoms with Crippen molar-refractivity contribution in [3.8, 4) is 11.8 Å². The molecule has 0 saturated carbocycles. The summed E-state index contributed by atoms with van der Waals surface area (Å²) in [4.78, 5) is 35.3. The van der Waals surface area contributed by atoms with E-state index in [0.717, 1.165) is 32.1 Å². The summed E-state index contributed by atoms with van der Waals surface area (Å²) in [5.74, 6) is 3.92. The molecule has 158 valence electrons. The molecular weight excluding hydrogens is 413 g/mol. The number of nitrogens with zero attached hydrogens (tertiary/aromatic N) is 4. The first-order valence-corrected chi connectivity index (χ1v) is 9.61.